The number of carbonyl (C=O) groups excluding carboxylic acids is 1. The molecule has 0 atom stereocenters. The molecule has 0 spiro atoms. The largest absolute Gasteiger partial charge is 0.506 e. The number of pyridine rings is 1. The molecule has 1 heterocycles. The minimum Gasteiger partial charge on any atom is -0.506 e. The second-order valence-corrected chi connectivity index (χ2v) is 3.95. The molecular formula is C14H14N2O4. The molecular weight excluding hydrogens is 260 g/mol. The highest BCUT2D eigenvalue weighted by molar-refractivity contribution is 6.05. The first-order valence-electron chi connectivity index (χ1n) is 5.81. The number of aromatic nitrogens is 1. The van der Waals surface area contributed by atoms with Crippen LogP contribution in [0, 0.1) is 0 Å². The molecule has 0 saturated heterocycles. The zero-order valence-corrected chi connectivity index (χ0v) is 11.1. The van der Waals surface area contributed by atoms with Crippen LogP contribution in [0.3, 0.4) is 0 Å². The van der Waals surface area contributed by atoms with Crippen molar-refractivity contribution in [2.24, 2.45) is 0 Å². The van der Waals surface area contributed by atoms with Gasteiger partial charge in [0, 0.05) is 12.3 Å². The molecule has 2 N–H and O–H groups in total. The molecule has 2 rings (SSSR count). The van der Waals surface area contributed by atoms with E-state index in [9.17, 15) is 9.90 Å². The third-order valence-corrected chi connectivity index (χ3v) is 2.64. The molecule has 104 valence electrons. The molecule has 1 aromatic carbocycles. The highest BCUT2D eigenvalue weighted by atomic mass is 16.5. The Morgan fingerprint density at radius 2 is 2.00 bits per heavy atom. The first-order valence-corrected chi connectivity index (χ1v) is 5.81. The van der Waals surface area contributed by atoms with Crippen LogP contribution in [0.1, 0.15) is 10.4 Å². The number of ether oxygens (including phenoxy) is 2. The molecule has 6 heteroatoms. The van der Waals surface area contributed by atoms with Crippen LogP contribution in [0.2, 0.25) is 0 Å². The van der Waals surface area contributed by atoms with Gasteiger partial charge < -0.3 is 19.9 Å². The highest BCUT2D eigenvalue weighted by Gasteiger charge is 2.11. The van der Waals surface area contributed by atoms with E-state index >= 15 is 0 Å². The molecule has 0 aliphatic carbocycles. The Hall–Kier alpha value is -2.76. The van der Waals surface area contributed by atoms with Crippen LogP contribution < -0.4 is 14.8 Å². The van der Waals surface area contributed by atoms with Crippen LogP contribution in [0.4, 0.5) is 5.69 Å². The van der Waals surface area contributed by atoms with Crippen molar-refractivity contribution in [3.05, 3.63) is 42.2 Å². The number of nitrogens with zero attached hydrogens (tertiary/aromatic N) is 1. The van der Waals surface area contributed by atoms with Crippen LogP contribution in [-0.2, 0) is 0 Å². The summed E-state index contributed by atoms with van der Waals surface area (Å²) in [5, 5.41) is 12.0. The summed E-state index contributed by atoms with van der Waals surface area (Å²) in [5.74, 6) is 0.623. The van der Waals surface area contributed by atoms with Crippen LogP contribution >= 0.6 is 0 Å². The first-order chi connectivity index (χ1) is 9.63. The lowest BCUT2D eigenvalue weighted by atomic mass is 10.2. The number of hydrogen-bond donors (Lipinski definition) is 2. The minimum atomic E-state index is -0.403. The summed E-state index contributed by atoms with van der Waals surface area (Å²) in [6, 6.07) is 6.39. The molecule has 1 aromatic heterocycles. The average molecular weight is 274 g/mol. The number of hydrogen-bond acceptors (Lipinski definition) is 5. The number of anilines is 1. The Kier molecular flexibility index (Phi) is 4.05. The topological polar surface area (TPSA) is 80.7 Å². The van der Waals surface area contributed by atoms with Gasteiger partial charge in [0.1, 0.15) is 17.2 Å². The summed E-state index contributed by atoms with van der Waals surface area (Å²) < 4.78 is 10.3. The molecule has 6 nitrogen and oxygen atoms in total. The fraction of sp³-hybridized carbons (Fsp3) is 0.143. The monoisotopic (exact) mass is 274 g/mol. The standard InChI is InChI=1S/C14H14N2O4/c1-19-11-3-4-13(20-2)12(6-11)16-14(18)9-5-10(17)8-15-7-9/h3-8,17H,1-2H3,(H,16,18). The Morgan fingerprint density at radius 1 is 1.20 bits per heavy atom. The maximum absolute atomic E-state index is 12.1. The quantitative estimate of drug-likeness (QED) is 0.892. The summed E-state index contributed by atoms with van der Waals surface area (Å²) in [7, 11) is 3.04. The van der Waals surface area contributed by atoms with Crippen molar-refractivity contribution in [1.82, 2.24) is 4.98 Å². The van der Waals surface area contributed by atoms with Crippen LogP contribution in [0.15, 0.2) is 36.7 Å². The molecule has 2 aromatic rings. The van der Waals surface area contributed by atoms with Gasteiger partial charge in [-0.3, -0.25) is 9.78 Å². The van der Waals surface area contributed by atoms with Crippen molar-refractivity contribution >= 4 is 11.6 Å². The summed E-state index contributed by atoms with van der Waals surface area (Å²) in [6.07, 6.45) is 2.62. The lowest BCUT2D eigenvalue weighted by Gasteiger charge is -2.11. The second-order valence-electron chi connectivity index (χ2n) is 3.95. The SMILES string of the molecule is COc1ccc(OC)c(NC(=O)c2cncc(O)c2)c1. The van der Waals surface area contributed by atoms with Crippen molar-refractivity contribution in [3.63, 3.8) is 0 Å². The zero-order valence-electron chi connectivity index (χ0n) is 11.1. The van der Waals surface area contributed by atoms with Gasteiger partial charge in [-0.2, -0.15) is 0 Å². The summed E-state index contributed by atoms with van der Waals surface area (Å²) in [6.45, 7) is 0. The number of amides is 1. The van der Waals surface area contributed by atoms with E-state index in [1.54, 1.807) is 18.2 Å². The lowest BCUT2D eigenvalue weighted by Crippen LogP contribution is -2.13. The summed E-state index contributed by atoms with van der Waals surface area (Å²) in [5.41, 5.74) is 0.718. The van der Waals surface area contributed by atoms with E-state index in [-0.39, 0.29) is 11.3 Å². The van der Waals surface area contributed by atoms with E-state index in [0.29, 0.717) is 17.2 Å². The van der Waals surface area contributed by atoms with E-state index in [0.717, 1.165) is 0 Å². The summed E-state index contributed by atoms with van der Waals surface area (Å²) in [4.78, 5) is 15.8. The van der Waals surface area contributed by atoms with Gasteiger partial charge in [0.15, 0.2) is 0 Å². The van der Waals surface area contributed by atoms with Gasteiger partial charge >= 0.3 is 0 Å². The molecule has 0 unspecified atom stereocenters. The predicted molar refractivity (Wildman–Crippen MR) is 73.4 cm³/mol. The molecule has 1 amide bonds. The van der Waals surface area contributed by atoms with Gasteiger partial charge in [0.25, 0.3) is 5.91 Å². The van der Waals surface area contributed by atoms with Gasteiger partial charge in [-0.25, -0.2) is 0 Å². The molecule has 0 aliphatic heterocycles. The van der Waals surface area contributed by atoms with Gasteiger partial charge in [-0.1, -0.05) is 0 Å². The minimum absolute atomic E-state index is 0.0738. The number of aromatic hydroxyl groups is 1. The normalized spacial score (nSPS) is 9.90. The number of methoxy groups -OCH3 is 2. The van der Waals surface area contributed by atoms with Gasteiger partial charge in [0.2, 0.25) is 0 Å². The zero-order chi connectivity index (χ0) is 14.5. The van der Waals surface area contributed by atoms with Crippen molar-refractivity contribution in [1.29, 1.82) is 0 Å². The number of carbonyl (C=O) groups is 1. The van der Waals surface area contributed by atoms with E-state index in [1.807, 2.05) is 0 Å². The highest BCUT2D eigenvalue weighted by Crippen LogP contribution is 2.29. The van der Waals surface area contributed by atoms with Crippen molar-refractivity contribution in [2.45, 2.75) is 0 Å². The van der Waals surface area contributed by atoms with E-state index < -0.39 is 5.91 Å². The molecule has 0 saturated carbocycles. The Morgan fingerprint density at radius 3 is 2.65 bits per heavy atom. The number of nitrogens with one attached hydrogen (secondary N) is 1. The Balaban J connectivity index is 2.27. The predicted octanol–water partition coefficient (Wildman–Crippen LogP) is 2.06. The van der Waals surface area contributed by atoms with Crippen LogP contribution in [0.5, 0.6) is 17.2 Å². The maximum atomic E-state index is 12.1. The average Bonchev–Trinajstić information content (AvgIpc) is 2.47. The third-order valence-electron chi connectivity index (χ3n) is 2.64. The molecule has 0 radical (unpaired) electrons. The van der Waals surface area contributed by atoms with Gasteiger partial charge in [-0.15, -0.1) is 0 Å². The van der Waals surface area contributed by atoms with E-state index in [1.165, 1.54) is 32.7 Å². The van der Waals surface area contributed by atoms with Crippen molar-refractivity contribution in [3.8, 4) is 17.2 Å². The molecule has 0 bridgehead atoms. The van der Waals surface area contributed by atoms with E-state index in [2.05, 4.69) is 10.3 Å². The Labute approximate surface area is 116 Å². The smallest absolute Gasteiger partial charge is 0.257 e. The van der Waals surface area contributed by atoms with Gasteiger partial charge in [0.05, 0.1) is 31.7 Å². The fourth-order valence-corrected chi connectivity index (χ4v) is 1.66. The second kappa shape index (κ2) is 5.92. The lowest BCUT2D eigenvalue weighted by molar-refractivity contribution is 0.102. The number of rotatable bonds is 4. The van der Waals surface area contributed by atoms with Gasteiger partial charge in [-0.05, 0) is 18.2 Å². The van der Waals surface area contributed by atoms with E-state index in [4.69, 9.17) is 9.47 Å². The summed E-state index contributed by atoms with van der Waals surface area (Å²) >= 11 is 0. The first kappa shape index (κ1) is 13.7. The number of benzene rings is 1. The molecule has 0 fully saturated rings. The molecule has 0 aliphatic rings. The van der Waals surface area contributed by atoms with Crippen molar-refractivity contribution < 1.29 is 19.4 Å². The van der Waals surface area contributed by atoms with Crippen molar-refractivity contribution in [2.75, 3.05) is 19.5 Å². The van der Waals surface area contributed by atoms with Crippen LogP contribution in [-0.4, -0.2) is 30.2 Å². The Bertz CT molecular complexity index is 628. The third kappa shape index (κ3) is 2.97. The fourth-order valence-electron chi connectivity index (χ4n) is 1.66. The van der Waals surface area contributed by atoms with Crippen LogP contribution in [0.25, 0.3) is 0 Å². The maximum Gasteiger partial charge on any atom is 0.257 e. The molecule has 20 heavy (non-hydrogen) atoms.